The van der Waals surface area contributed by atoms with E-state index in [0.29, 0.717) is 23.3 Å². The molecule has 2 aromatic rings. The second kappa shape index (κ2) is 11.2. The van der Waals surface area contributed by atoms with Crippen LogP contribution in [0.2, 0.25) is 0 Å². The lowest BCUT2D eigenvalue weighted by atomic mass is 10.1. The van der Waals surface area contributed by atoms with Crippen molar-refractivity contribution in [1.82, 2.24) is 10.2 Å². The summed E-state index contributed by atoms with van der Waals surface area (Å²) >= 11 is 0. The minimum Gasteiger partial charge on any atom is -0.354 e. The summed E-state index contributed by atoms with van der Waals surface area (Å²) in [6.45, 7) is 5.14. The lowest BCUT2D eigenvalue weighted by Crippen LogP contribution is -2.51. The Bertz CT molecular complexity index is 1110. The molecule has 33 heavy (non-hydrogen) atoms. The number of carbonyl (C=O) groups is 2. The van der Waals surface area contributed by atoms with Crippen LogP contribution in [-0.2, 0) is 26.2 Å². The van der Waals surface area contributed by atoms with Gasteiger partial charge in [0.1, 0.15) is 12.6 Å². The van der Waals surface area contributed by atoms with Gasteiger partial charge < -0.3 is 10.2 Å². The molecular weight excluding hydrogens is 452 g/mol. The number of benzene rings is 2. The highest BCUT2D eigenvalue weighted by Crippen LogP contribution is 2.22. The van der Waals surface area contributed by atoms with Crippen LogP contribution < -0.4 is 9.62 Å². The molecule has 1 N–H and O–H groups in total. The number of nitrogens with zero attached hydrogens (tertiary/aromatic N) is 2. The Kier molecular flexibility index (Phi) is 8.92. The maximum atomic E-state index is 13.8. The number of rotatable bonds is 10. The molecule has 0 heterocycles. The van der Waals surface area contributed by atoms with Gasteiger partial charge in [-0.2, -0.15) is 0 Å². The van der Waals surface area contributed by atoms with Crippen molar-refractivity contribution < 1.29 is 26.8 Å². The SMILES string of the molecule is CCCNC(=O)[C@H](C)N(Cc1ccccc1C)C(=O)CN(c1ccc(F)c(F)c1)S(C)(=O)=O. The van der Waals surface area contributed by atoms with E-state index in [1.165, 1.54) is 4.90 Å². The number of anilines is 1. The van der Waals surface area contributed by atoms with Crippen LogP contribution in [0.5, 0.6) is 0 Å². The van der Waals surface area contributed by atoms with Gasteiger partial charge in [0.05, 0.1) is 11.9 Å². The monoisotopic (exact) mass is 481 g/mol. The quantitative estimate of drug-likeness (QED) is 0.565. The van der Waals surface area contributed by atoms with E-state index in [1.807, 2.05) is 32.0 Å². The van der Waals surface area contributed by atoms with E-state index < -0.39 is 40.2 Å². The average Bonchev–Trinajstić information content (AvgIpc) is 2.75. The number of hydrogen-bond donors (Lipinski definition) is 1. The molecule has 0 unspecified atom stereocenters. The molecule has 0 saturated carbocycles. The molecule has 0 radical (unpaired) electrons. The van der Waals surface area contributed by atoms with E-state index in [-0.39, 0.29) is 18.1 Å². The van der Waals surface area contributed by atoms with Crippen LogP contribution in [0.1, 0.15) is 31.4 Å². The summed E-state index contributed by atoms with van der Waals surface area (Å²) in [5.74, 6) is -3.41. The van der Waals surface area contributed by atoms with E-state index in [0.717, 1.165) is 29.5 Å². The van der Waals surface area contributed by atoms with E-state index >= 15 is 0 Å². The van der Waals surface area contributed by atoms with Crippen LogP contribution in [0.3, 0.4) is 0 Å². The molecule has 2 amide bonds. The Labute approximate surface area is 193 Å². The molecule has 1 atom stereocenters. The molecule has 0 aliphatic carbocycles. The second-order valence-electron chi connectivity index (χ2n) is 7.78. The first kappa shape index (κ1) is 26.2. The van der Waals surface area contributed by atoms with Crippen molar-refractivity contribution in [3.63, 3.8) is 0 Å². The summed E-state index contributed by atoms with van der Waals surface area (Å²) < 4.78 is 52.6. The summed E-state index contributed by atoms with van der Waals surface area (Å²) in [5.41, 5.74) is 1.50. The van der Waals surface area contributed by atoms with Crippen LogP contribution in [0.15, 0.2) is 42.5 Å². The predicted octanol–water partition coefficient (Wildman–Crippen LogP) is 2.98. The number of aryl methyl sites for hydroxylation is 1. The summed E-state index contributed by atoms with van der Waals surface area (Å²) in [5, 5.41) is 2.74. The number of carbonyl (C=O) groups excluding carboxylic acids is 2. The molecule has 0 bridgehead atoms. The van der Waals surface area contributed by atoms with Crippen LogP contribution in [0.4, 0.5) is 14.5 Å². The lowest BCUT2D eigenvalue weighted by Gasteiger charge is -2.31. The van der Waals surface area contributed by atoms with Gasteiger partial charge in [-0.1, -0.05) is 31.2 Å². The first-order valence-corrected chi connectivity index (χ1v) is 12.3. The van der Waals surface area contributed by atoms with Gasteiger partial charge in [0.2, 0.25) is 21.8 Å². The Morgan fingerprint density at radius 3 is 2.33 bits per heavy atom. The molecule has 2 rings (SSSR count). The zero-order valence-electron chi connectivity index (χ0n) is 19.1. The molecule has 180 valence electrons. The smallest absolute Gasteiger partial charge is 0.244 e. The third kappa shape index (κ3) is 6.98. The highest BCUT2D eigenvalue weighted by molar-refractivity contribution is 7.92. The fraction of sp³-hybridized carbons (Fsp3) is 0.391. The van der Waals surface area contributed by atoms with Gasteiger partial charge in [-0.05, 0) is 43.5 Å². The largest absolute Gasteiger partial charge is 0.354 e. The first-order valence-electron chi connectivity index (χ1n) is 10.5. The molecule has 0 saturated heterocycles. The van der Waals surface area contributed by atoms with Crippen LogP contribution >= 0.6 is 0 Å². The summed E-state index contributed by atoms with van der Waals surface area (Å²) in [6, 6.07) is 9.02. The van der Waals surface area contributed by atoms with Crippen LogP contribution in [-0.4, -0.2) is 50.5 Å². The minimum atomic E-state index is -4.02. The molecule has 0 spiro atoms. The Morgan fingerprint density at radius 2 is 1.76 bits per heavy atom. The number of nitrogens with one attached hydrogen (secondary N) is 1. The summed E-state index contributed by atoms with van der Waals surface area (Å²) in [7, 11) is -4.02. The normalized spacial score (nSPS) is 12.2. The van der Waals surface area contributed by atoms with Gasteiger partial charge in [0.15, 0.2) is 11.6 Å². The number of sulfonamides is 1. The average molecular weight is 482 g/mol. The Hall–Kier alpha value is -3.01. The van der Waals surface area contributed by atoms with Crippen molar-refractivity contribution in [3.05, 3.63) is 65.2 Å². The van der Waals surface area contributed by atoms with Gasteiger partial charge in [0.25, 0.3) is 0 Å². The van der Waals surface area contributed by atoms with Crippen molar-refractivity contribution in [2.45, 2.75) is 39.8 Å². The van der Waals surface area contributed by atoms with Gasteiger partial charge in [0, 0.05) is 19.2 Å². The standard InChI is InChI=1S/C23H29F2N3O4S/c1-5-12-26-23(30)17(3)27(14-18-9-7-6-8-16(18)2)22(29)15-28(33(4,31)32)19-10-11-20(24)21(25)13-19/h6-11,13,17H,5,12,14-15H2,1-4H3,(H,26,30)/t17-/m0/s1. The zero-order chi connectivity index (χ0) is 24.8. The molecule has 0 aliphatic rings. The van der Waals surface area contributed by atoms with Crippen molar-refractivity contribution in [3.8, 4) is 0 Å². The van der Waals surface area contributed by atoms with Crippen molar-refractivity contribution in [1.29, 1.82) is 0 Å². The van der Waals surface area contributed by atoms with Gasteiger partial charge in [-0.25, -0.2) is 17.2 Å². The molecule has 2 aromatic carbocycles. The fourth-order valence-electron chi connectivity index (χ4n) is 3.20. The molecule has 7 nitrogen and oxygen atoms in total. The van der Waals surface area contributed by atoms with Crippen LogP contribution in [0.25, 0.3) is 0 Å². The summed E-state index contributed by atoms with van der Waals surface area (Å²) in [4.78, 5) is 27.2. The molecule has 10 heteroatoms. The topological polar surface area (TPSA) is 86.8 Å². The number of hydrogen-bond acceptors (Lipinski definition) is 4. The maximum absolute atomic E-state index is 13.8. The summed E-state index contributed by atoms with van der Waals surface area (Å²) in [6.07, 6.45) is 1.58. The fourth-order valence-corrected chi connectivity index (χ4v) is 4.04. The third-order valence-electron chi connectivity index (χ3n) is 5.19. The van der Waals surface area contributed by atoms with Crippen molar-refractivity contribution >= 4 is 27.5 Å². The van der Waals surface area contributed by atoms with E-state index in [2.05, 4.69) is 5.32 Å². The Balaban J connectivity index is 2.40. The molecule has 0 fully saturated rings. The lowest BCUT2D eigenvalue weighted by molar-refractivity contribution is -0.139. The third-order valence-corrected chi connectivity index (χ3v) is 6.33. The van der Waals surface area contributed by atoms with E-state index in [1.54, 1.807) is 13.0 Å². The van der Waals surface area contributed by atoms with E-state index in [4.69, 9.17) is 0 Å². The van der Waals surface area contributed by atoms with Gasteiger partial charge >= 0.3 is 0 Å². The van der Waals surface area contributed by atoms with Crippen molar-refractivity contribution in [2.24, 2.45) is 0 Å². The molecule has 0 aromatic heterocycles. The van der Waals surface area contributed by atoms with E-state index in [9.17, 15) is 26.8 Å². The number of amides is 2. The second-order valence-corrected chi connectivity index (χ2v) is 9.69. The van der Waals surface area contributed by atoms with Crippen LogP contribution in [0, 0.1) is 18.6 Å². The highest BCUT2D eigenvalue weighted by Gasteiger charge is 2.30. The minimum absolute atomic E-state index is 0.0710. The molecule has 0 aliphatic heterocycles. The zero-order valence-corrected chi connectivity index (χ0v) is 20.0. The maximum Gasteiger partial charge on any atom is 0.244 e. The van der Waals surface area contributed by atoms with Gasteiger partial charge in [-0.15, -0.1) is 0 Å². The predicted molar refractivity (Wildman–Crippen MR) is 123 cm³/mol. The number of halogens is 2. The van der Waals surface area contributed by atoms with Crippen molar-refractivity contribution in [2.75, 3.05) is 23.7 Å². The highest BCUT2D eigenvalue weighted by atomic mass is 32.2. The van der Waals surface area contributed by atoms with Gasteiger partial charge in [-0.3, -0.25) is 13.9 Å². The first-order chi connectivity index (χ1) is 15.5. The molecular formula is C23H29F2N3O4S. The Morgan fingerprint density at radius 1 is 1.09 bits per heavy atom.